The summed E-state index contributed by atoms with van der Waals surface area (Å²) in [4.78, 5) is 0. The van der Waals surface area contributed by atoms with Crippen LogP contribution in [-0.4, -0.2) is 32.2 Å². The van der Waals surface area contributed by atoms with Crippen LogP contribution in [0.25, 0.3) is 0 Å². The van der Waals surface area contributed by atoms with Crippen LogP contribution in [0.2, 0.25) is 0 Å². The molecule has 2 nitrogen and oxygen atoms in total. The average Bonchev–Trinajstić information content (AvgIpc) is 1.96. The van der Waals surface area contributed by atoms with Crippen LogP contribution in [0.15, 0.2) is 0 Å². The van der Waals surface area contributed by atoms with Gasteiger partial charge in [-0.2, -0.15) is 26.3 Å². The standard InChI is InChI=1S/C6H6ClF7O2S/c7-17(15,16)3-1-2-4(8,5(9,10)11)6(12,13)14/h1-3H2. The van der Waals surface area contributed by atoms with Crippen molar-refractivity contribution in [3.8, 4) is 0 Å². The van der Waals surface area contributed by atoms with Gasteiger partial charge < -0.3 is 0 Å². The summed E-state index contributed by atoms with van der Waals surface area (Å²) in [7, 11) is 0.311. The molecule has 0 atom stereocenters. The summed E-state index contributed by atoms with van der Waals surface area (Å²) in [5, 5.41) is 0. The lowest BCUT2D eigenvalue weighted by molar-refractivity contribution is -0.343. The molecule has 0 aromatic rings. The van der Waals surface area contributed by atoms with E-state index >= 15 is 0 Å². The Balaban J connectivity index is 4.89. The third kappa shape index (κ3) is 4.49. The smallest absolute Gasteiger partial charge is 0.224 e. The first-order valence-corrected chi connectivity index (χ1v) is 6.43. The van der Waals surface area contributed by atoms with Gasteiger partial charge in [0.05, 0.1) is 5.75 Å². The Morgan fingerprint density at radius 3 is 1.47 bits per heavy atom. The molecule has 0 radical (unpaired) electrons. The molecule has 17 heavy (non-hydrogen) atoms. The predicted octanol–water partition coefficient (Wildman–Crippen LogP) is 3.17. The van der Waals surface area contributed by atoms with Gasteiger partial charge in [0, 0.05) is 17.1 Å². The summed E-state index contributed by atoms with van der Waals surface area (Å²) in [5.74, 6) is -1.17. The molecule has 0 bridgehead atoms. The number of rotatable bonds is 4. The molecule has 0 aromatic carbocycles. The van der Waals surface area contributed by atoms with Crippen molar-refractivity contribution in [2.24, 2.45) is 0 Å². The van der Waals surface area contributed by atoms with Crippen LogP contribution in [0.3, 0.4) is 0 Å². The normalized spacial score (nSPS) is 15.1. The van der Waals surface area contributed by atoms with Crippen LogP contribution in [0.5, 0.6) is 0 Å². The van der Waals surface area contributed by atoms with Gasteiger partial charge in [-0.05, 0) is 6.42 Å². The van der Waals surface area contributed by atoms with Crippen LogP contribution in [0, 0.1) is 0 Å². The lowest BCUT2D eigenvalue weighted by Gasteiger charge is -2.29. The topological polar surface area (TPSA) is 34.1 Å². The number of halogens is 8. The first-order chi connectivity index (χ1) is 7.21. The van der Waals surface area contributed by atoms with Crippen LogP contribution in [-0.2, 0) is 9.05 Å². The molecule has 0 saturated carbocycles. The van der Waals surface area contributed by atoms with Gasteiger partial charge in [-0.15, -0.1) is 0 Å². The van der Waals surface area contributed by atoms with E-state index in [0.717, 1.165) is 0 Å². The third-order valence-corrected chi connectivity index (χ3v) is 3.05. The summed E-state index contributed by atoms with van der Waals surface area (Å²) < 4.78 is 105. The van der Waals surface area contributed by atoms with Crippen molar-refractivity contribution < 1.29 is 39.2 Å². The molecule has 0 rings (SSSR count). The SMILES string of the molecule is O=S(=O)(Cl)CCCC(F)(C(F)(F)F)C(F)(F)F. The first kappa shape index (κ1) is 16.8. The maximum Gasteiger partial charge on any atom is 0.431 e. The van der Waals surface area contributed by atoms with Crippen molar-refractivity contribution in [3.63, 3.8) is 0 Å². The van der Waals surface area contributed by atoms with Crippen LogP contribution >= 0.6 is 10.7 Å². The molecular formula is C6H6ClF7O2S. The summed E-state index contributed by atoms with van der Waals surface area (Å²) in [6.07, 6.45) is -15.6. The zero-order valence-electron chi connectivity index (χ0n) is 7.87. The van der Waals surface area contributed by atoms with E-state index in [-0.39, 0.29) is 0 Å². The third-order valence-electron chi connectivity index (χ3n) is 1.81. The summed E-state index contributed by atoms with van der Waals surface area (Å²) >= 11 is 0. The van der Waals surface area contributed by atoms with E-state index in [9.17, 15) is 39.2 Å². The second-order valence-corrected chi connectivity index (χ2v) is 6.04. The van der Waals surface area contributed by atoms with Gasteiger partial charge in [-0.1, -0.05) is 0 Å². The Kier molecular flexibility index (Phi) is 4.72. The maximum atomic E-state index is 12.9. The minimum absolute atomic E-state index is 1.17. The Morgan fingerprint density at radius 2 is 1.24 bits per heavy atom. The highest BCUT2D eigenvalue weighted by Gasteiger charge is 2.71. The van der Waals surface area contributed by atoms with Crippen molar-refractivity contribution >= 4 is 19.7 Å². The fraction of sp³-hybridized carbons (Fsp3) is 1.00. The van der Waals surface area contributed by atoms with Crippen LogP contribution in [0.1, 0.15) is 12.8 Å². The molecule has 0 aliphatic carbocycles. The molecule has 11 heteroatoms. The Hall–Kier alpha value is -0.250. The second kappa shape index (κ2) is 4.79. The Morgan fingerprint density at radius 1 is 0.882 bits per heavy atom. The lowest BCUT2D eigenvalue weighted by atomic mass is 9.99. The monoisotopic (exact) mass is 310 g/mol. The van der Waals surface area contributed by atoms with Crippen LogP contribution in [0.4, 0.5) is 30.7 Å². The van der Waals surface area contributed by atoms with E-state index in [0.29, 0.717) is 0 Å². The fourth-order valence-corrected chi connectivity index (χ4v) is 1.75. The molecule has 0 unspecified atom stereocenters. The first-order valence-electron chi connectivity index (χ1n) is 3.95. The molecule has 0 spiro atoms. The molecule has 0 saturated heterocycles. The Bertz CT molecular complexity index is 344. The highest BCUT2D eigenvalue weighted by molar-refractivity contribution is 8.13. The second-order valence-electron chi connectivity index (χ2n) is 3.14. The highest BCUT2D eigenvalue weighted by atomic mass is 35.7. The van der Waals surface area contributed by atoms with E-state index < -0.39 is 45.7 Å². The quantitative estimate of drug-likeness (QED) is 0.590. The van der Waals surface area contributed by atoms with Gasteiger partial charge in [-0.25, -0.2) is 12.8 Å². The molecule has 0 aliphatic heterocycles. The molecule has 0 fully saturated rings. The van der Waals surface area contributed by atoms with Gasteiger partial charge in [0.25, 0.3) is 5.67 Å². The van der Waals surface area contributed by atoms with Gasteiger partial charge in [0.2, 0.25) is 9.05 Å². The minimum atomic E-state index is -6.17. The highest BCUT2D eigenvalue weighted by Crippen LogP contribution is 2.48. The van der Waals surface area contributed by atoms with E-state index in [4.69, 9.17) is 0 Å². The summed E-state index contributed by atoms with van der Waals surface area (Å²) in [5.41, 5.74) is -5.43. The molecule has 0 amide bonds. The summed E-state index contributed by atoms with van der Waals surface area (Å²) in [6.45, 7) is 0. The average molecular weight is 311 g/mol. The largest absolute Gasteiger partial charge is 0.431 e. The minimum Gasteiger partial charge on any atom is -0.224 e. The lowest BCUT2D eigenvalue weighted by Crippen LogP contribution is -2.53. The zero-order valence-corrected chi connectivity index (χ0v) is 9.44. The van der Waals surface area contributed by atoms with Crippen molar-refractivity contribution in [1.82, 2.24) is 0 Å². The molecular weight excluding hydrogens is 305 g/mol. The predicted molar refractivity (Wildman–Crippen MR) is 44.8 cm³/mol. The molecule has 0 aromatic heterocycles. The van der Waals surface area contributed by atoms with Gasteiger partial charge in [0.1, 0.15) is 0 Å². The molecule has 104 valence electrons. The van der Waals surface area contributed by atoms with Gasteiger partial charge >= 0.3 is 12.4 Å². The van der Waals surface area contributed by atoms with Gasteiger partial charge in [-0.3, -0.25) is 0 Å². The van der Waals surface area contributed by atoms with Crippen LogP contribution < -0.4 is 0 Å². The van der Waals surface area contributed by atoms with Crippen molar-refractivity contribution in [3.05, 3.63) is 0 Å². The van der Waals surface area contributed by atoms with Gasteiger partial charge in [0.15, 0.2) is 0 Å². The maximum absolute atomic E-state index is 12.9. The Labute approximate surface area is 96.2 Å². The van der Waals surface area contributed by atoms with E-state index in [1.807, 2.05) is 0 Å². The summed E-state index contributed by atoms with van der Waals surface area (Å²) in [6, 6.07) is 0. The molecule has 0 heterocycles. The fourth-order valence-electron chi connectivity index (χ4n) is 0.932. The van der Waals surface area contributed by atoms with Crippen molar-refractivity contribution in [2.75, 3.05) is 5.75 Å². The van der Waals surface area contributed by atoms with E-state index in [1.54, 1.807) is 0 Å². The van der Waals surface area contributed by atoms with Crippen molar-refractivity contribution in [1.29, 1.82) is 0 Å². The number of hydrogen-bond acceptors (Lipinski definition) is 2. The number of hydrogen-bond donors (Lipinski definition) is 0. The zero-order chi connectivity index (χ0) is 14.1. The van der Waals surface area contributed by atoms with E-state index in [2.05, 4.69) is 10.7 Å². The van der Waals surface area contributed by atoms with E-state index in [1.165, 1.54) is 0 Å². The van der Waals surface area contributed by atoms with Crippen molar-refractivity contribution in [2.45, 2.75) is 30.9 Å². The molecule has 0 N–H and O–H groups in total. The molecule has 0 aliphatic rings. The number of alkyl halides is 7.